The fourth-order valence-electron chi connectivity index (χ4n) is 2.29. The highest BCUT2D eigenvalue weighted by Crippen LogP contribution is 2.27. The normalized spacial score (nSPS) is 24.6. The van der Waals surface area contributed by atoms with E-state index in [0.29, 0.717) is 12.5 Å². The van der Waals surface area contributed by atoms with Crippen LogP contribution in [0.15, 0.2) is 17.1 Å². The van der Waals surface area contributed by atoms with Crippen LogP contribution in [0.25, 0.3) is 0 Å². The standard InChI is InChI=1S/C12H18N2O3/c1-2-17-11-7-8-14(12(16)13-11)9-5-3-4-6-10(9)15/h7-10,15H,2-6H2,1H3/t9-,10-/m1/s1. The van der Waals surface area contributed by atoms with Crippen LogP contribution in [-0.4, -0.2) is 27.4 Å². The van der Waals surface area contributed by atoms with Crippen molar-refractivity contribution in [3.8, 4) is 5.88 Å². The Hall–Kier alpha value is -1.36. The zero-order valence-electron chi connectivity index (χ0n) is 10.0. The molecule has 1 saturated carbocycles. The molecule has 0 radical (unpaired) electrons. The lowest BCUT2D eigenvalue weighted by Crippen LogP contribution is -2.35. The molecule has 1 N–H and O–H groups in total. The Labute approximate surface area is 100 Å². The van der Waals surface area contributed by atoms with Crippen LogP contribution in [0.3, 0.4) is 0 Å². The summed E-state index contributed by atoms with van der Waals surface area (Å²) < 4.78 is 6.69. The third-order valence-electron chi connectivity index (χ3n) is 3.15. The highest BCUT2D eigenvalue weighted by atomic mass is 16.5. The second-order valence-corrected chi connectivity index (χ2v) is 4.31. The summed E-state index contributed by atoms with van der Waals surface area (Å²) in [5.41, 5.74) is -0.345. The summed E-state index contributed by atoms with van der Waals surface area (Å²) in [5, 5.41) is 9.90. The van der Waals surface area contributed by atoms with Gasteiger partial charge < -0.3 is 9.84 Å². The molecule has 1 aromatic rings. The molecule has 0 saturated heterocycles. The first kappa shape index (κ1) is 12.1. The maximum absolute atomic E-state index is 11.8. The molecule has 1 aliphatic rings. The second kappa shape index (κ2) is 5.31. The first-order valence-electron chi connectivity index (χ1n) is 6.12. The van der Waals surface area contributed by atoms with E-state index in [1.54, 1.807) is 12.3 Å². The van der Waals surface area contributed by atoms with Crippen LogP contribution in [0.4, 0.5) is 0 Å². The van der Waals surface area contributed by atoms with Crippen LogP contribution < -0.4 is 10.4 Å². The van der Waals surface area contributed by atoms with E-state index >= 15 is 0 Å². The molecule has 2 rings (SSSR count). The van der Waals surface area contributed by atoms with Crippen molar-refractivity contribution in [3.05, 3.63) is 22.7 Å². The first-order chi connectivity index (χ1) is 8.22. The van der Waals surface area contributed by atoms with Crippen molar-refractivity contribution in [1.82, 2.24) is 9.55 Å². The molecule has 5 nitrogen and oxygen atoms in total. The Morgan fingerprint density at radius 1 is 1.53 bits per heavy atom. The Morgan fingerprint density at radius 2 is 2.29 bits per heavy atom. The van der Waals surface area contributed by atoms with E-state index in [0.717, 1.165) is 25.7 Å². The summed E-state index contributed by atoms with van der Waals surface area (Å²) in [6, 6.07) is 1.53. The lowest BCUT2D eigenvalue weighted by molar-refractivity contribution is 0.0728. The number of rotatable bonds is 3. The van der Waals surface area contributed by atoms with Crippen molar-refractivity contribution in [2.45, 2.75) is 44.8 Å². The van der Waals surface area contributed by atoms with E-state index in [2.05, 4.69) is 4.98 Å². The van der Waals surface area contributed by atoms with Gasteiger partial charge in [-0.05, 0) is 19.8 Å². The van der Waals surface area contributed by atoms with Gasteiger partial charge >= 0.3 is 5.69 Å². The van der Waals surface area contributed by atoms with Gasteiger partial charge in [-0.1, -0.05) is 12.8 Å². The van der Waals surface area contributed by atoms with Gasteiger partial charge in [0.15, 0.2) is 0 Å². The number of hydrogen-bond donors (Lipinski definition) is 1. The fourth-order valence-corrected chi connectivity index (χ4v) is 2.29. The van der Waals surface area contributed by atoms with Gasteiger partial charge in [0.1, 0.15) is 0 Å². The van der Waals surface area contributed by atoms with Gasteiger partial charge in [-0.3, -0.25) is 4.57 Å². The number of hydrogen-bond acceptors (Lipinski definition) is 4. The molecule has 0 amide bonds. The first-order valence-corrected chi connectivity index (χ1v) is 6.12. The fraction of sp³-hybridized carbons (Fsp3) is 0.667. The molecule has 0 unspecified atom stereocenters. The predicted molar refractivity (Wildman–Crippen MR) is 63.2 cm³/mol. The third kappa shape index (κ3) is 2.66. The lowest BCUT2D eigenvalue weighted by Gasteiger charge is -2.28. The van der Waals surface area contributed by atoms with Gasteiger partial charge in [0, 0.05) is 12.3 Å². The van der Waals surface area contributed by atoms with E-state index in [1.165, 1.54) is 4.57 Å². The second-order valence-electron chi connectivity index (χ2n) is 4.31. The average molecular weight is 238 g/mol. The molecular weight excluding hydrogens is 220 g/mol. The lowest BCUT2D eigenvalue weighted by atomic mass is 9.92. The molecular formula is C12H18N2O3. The van der Waals surface area contributed by atoms with Gasteiger partial charge in [-0.15, -0.1) is 0 Å². The number of nitrogens with zero attached hydrogens (tertiary/aromatic N) is 2. The summed E-state index contributed by atoms with van der Waals surface area (Å²) in [4.78, 5) is 15.7. The average Bonchev–Trinajstić information content (AvgIpc) is 2.31. The molecule has 1 aromatic heterocycles. The Morgan fingerprint density at radius 3 is 2.94 bits per heavy atom. The summed E-state index contributed by atoms with van der Waals surface area (Å²) in [6.45, 7) is 2.33. The molecule has 1 aliphatic carbocycles. The number of aliphatic hydroxyl groups is 1. The van der Waals surface area contributed by atoms with Crippen molar-refractivity contribution in [1.29, 1.82) is 0 Å². The number of aliphatic hydroxyl groups excluding tert-OH is 1. The Kier molecular flexibility index (Phi) is 3.78. The molecule has 1 fully saturated rings. The molecule has 2 atom stereocenters. The highest BCUT2D eigenvalue weighted by Gasteiger charge is 2.25. The molecule has 0 spiro atoms. The minimum absolute atomic E-state index is 0.139. The van der Waals surface area contributed by atoms with Gasteiger partial charge in [-0.25, -0.2) is 4.79 Å². The monoisotopic (exact) mass is 238 g/mol. The summed E-state index contributed by atoms with van der Waals surface area (Å²) in [5.74, 6) is 0.346. The smallest absolute Gasteiger partial charge is 0.351 e. The van der Waals surface area contributed by atoms with Gasteiger partial charge in [0.2, 0.25) is 5.88 Å². The molecule has 1 heterocycles. The van der Waals surface area contributed by atoms with Crippen molar-refractivity contribution in [2.75, 3.05) is 6.61 Å². The molecule has 0 aromatic carbocycles. The summed E-state index contributed by atoms with van der Waals surface area (Å²) in [6.07, 6.45) is 4.87. The molecule has 17 heavy (non-hydrogen) atoms. The zero-order chi connectivity index (χ0) is 12.3. The highest BCUT2D eigenvalue weighted by molar-refractivity contribution is 5.06. The van der Waals surface area contributed by atoms with E-state index in [4.69, 9.17) is 4.74 Å². The maximum Gasteiger partial charge on any atom is 0.351 e. The SMILES string of the molecule is CCOc1ccn([C@@H]2CCCC[C@H]2O)c(=O)n1. The van der Waals surface area contributed by atoms with Crippen molar-refractivity contribution in [2.24, 2.45) is 0 Å². The molecule has 94 valence electrons. The van der Waals surface area contributed by atoms with Gasteiger partial charge in [0.05, 0.1) is 18.8 Å². The quantitative estimate of drug-likeness (QED) is 0.857. The van der Waals surface area contributed by atoms with E-state index in [9.17, 15) is 9.90 Å². The van der Waals surface area contributed by atoms with Crippen molar-refractivity contribution < 1.29 is 9.84 Å². The van der Waals surface area contributed by atoms with Crippen molar-refractivity contribution >= 4 is 0 Å². The van der Waals surface area contributed by atoms with Gasteiger partial charge in [0.25, 0.3) is 0 Å². The van der Waals surface area contributed by atoms with Crippen LogP contribution in [0.1, 0.15) is 38.6 Å². The van der Waals surface area contributed by atoms with Crippen LogP contribution in [0, 0.1) is 0 Å². The van der Waals surface area contributed by atoms with Crippen LogP contribution in [0.5, 0.6) is 5.88 Å². The summed E-state index contributed by atoms with van der Waals surface area (Å²) in [7, 11) is 0. The van der Waals surface area contributed by atoms with E-state index < -0.39 is 6.10 Å². The minimum atomic E-state index is -0.443. The van der Waals surface area contributed by atoms with Crippen LogP contribution in [-0.2, 0) is 0 Å². The van der Waals surface area contributed by atoms with E-state index in [-0.39, 0.29) is 11.7 Å². The topological polar surface area (TPSA) is 64.3 Å². The molecule has 0 aliphatic heterocycles. The number of ether oxygens (including phenoxy) is 1. The Bertz CT molecular complexity index is 430. The van der Waals surface area contributed by atoms with Crippen LogP contribution in [0.2, 0.25) is 0 Å². The summed E-state index contributed by atoms with van der Waals surface area (Å²) >= 11 is 0. The molecule has 0 bridgehead atoms. The van der Waals surface area contributed by atoms with E-state index in [1.807, 2.05) is 6.92 Å². The van der Waals surface area contributed by atoms with Crippen LogP contribution >= 0.6 is 0 Å². The Balaban J connectivity index is 2.23. The minimum Gasteiger partial charge on any atom is -0.478 e. The predicted octanol–water partition coefficient (Wildman–Crippen LogP) is 1.12. The zero-order valence-corrected chi connectivity index (χ0v) is 10.0. The number of aromatic nitrogens is 2. The van der Waals surface area contributed by atoms with Crippen molar-refractivity contribution in [3.63, 3.8) is 0 Å². The third-order valence-corrected chi connectivity index (χ3v) is 3.15. The molecule has 5 heteroatoms. The van der Waals surface area contributed by atoms with Gasteiger partial charge in [-0.2, -0.15) is 4.98 Å². The largest absolute Gasteiger partial charge is 0.478 e. The maximum atomic E-state index is 11.8.